The monoisotopic (exact) mass is 381 g/mol. The molecule has 0 spiro atoms. The first-order valence-electron chi connectivity index (χ1n) is 10.0. The van der Waals surface area contributed by atoms with Crippen molar-refractivity contribution in [1.29, 1.82) is 0 Å². The van der Waals surface area contributed by atoms with Crippen molar-refractivity contribution in [1.82, 2.24) is 14.5 Å². The molecule has 0 aliphatic carbocycles. The first-order valence-corrected chi connectivity index (χ1v) is 10.0. The number of rotatable bonds is 5. The molecule has 3 heterocycles. The first kappa shape index (κ1) is 17.5. The molecule has 0 bridgehead atoms. The Morgan fingerprint density at radius 3 is 2.79 bits per heavy atom. The lowest BCUT2D eigenvalue weighted by Crippen LogP contribution is -2.28. The van der Waals surface area contributed by atoms with E-state index in [1.807, 2.05) is 10.6 Å². The summed E-state index contributed by atoms with van der Waals surface area (Å²) in [6.07, 6.45) is 2.99. The largest absolute Gasteiger partial charge is 0.494 e. The molecule has 28 heavy (non-hydrogen) atoms. The van der Waals surface area contributed by atoms with Crippen LogP contribution in [0.25, 0.3) is 11.0 Å². The highest BCUT2D eigenvalue weighted by Gasteiger charge is 2.37. The van der Waals surface area contributed by atoms with E-state index in [1.165, 1.54) is 17.7 Å². The van der Waals surface area contributed by atoms with E-state index in [2.05, 4.69) is 22.0 Å². The molecule has 2 aliphatic heterocycles. The maximum atomic E-state index is 12.9. The minimum Gasteiger partial charge on any atom is -0.494 e. The molecule has 0 amide bonds. The Morgan fingerprint density at radius 2 is 1.93 bits per heavy atom. The Bertz CT molecular complexity index is 1040. The molecule has 2 atom stereocenters. The van der Waals surface area contributed by atoms with Gasteiger partial charge in [-0.15, -0.1) is 0 Å². The molecule has 2 aliphatic rings. The molecule has 1 N–H and O–H groups in total. The van der Waals surface area contributed by atoms with E-state index in [-0.39, 0.29) is 17.5 Å². The van der Waals surface area contributed by atoms with Gasteiger partial charge in [0.15, 0.2) is 0 Å². The van der Waals surface area contributed by atoms with Gasteiger partial charge in [0, 0.05) is 25.0 Å². The summed E-state index contributed by atoms with van der Waals surface area (Å²) in [7, 11) is 0. The van der Waals surface area contributed by atoms with Gasteiger partial charge in [-0.05, 0) is 61.7 Å². The van der Waals surface area contributed by atoms with Gasteiger partial charge in [-0.3, -0.25) is 4.57 Å². The number of aromatic nitrogens is 2. The van der Waals surface area contributed by atoms with E-state index in [9.17, 15) is 9.18 Å². The van der Waals surface area contributed by atoms with Gasteiger partial charge >= 0.3 is 5.69 Å². The number of nitrogens with zero attached hydrogens (tertiary/aromatic N) is 2. The lowest BCUT2D eigenvalue weighted by Gasteiger charge is -2.20. The summed E-state index contributed by atoms with van der Waals surface area (Å²) in [4.78, 5) is 17.9. The number of aromatic amines is 1. The van der Waals surface area contributed by atoms with Crippen LogP contribution in [-0.4, -0.2) is 40.7 Å². The highest BCUT2D eigenvalue weighted by Crippen LogP contribution is 2.45. The number of benzene rings is 2. The standard InChI is InChI=1S/C22H24FN3O2/c23-15-5-7-16(8-6-15)28-14-2-11-25-12-9-17-18-3-1-4-19-21(18)26(22(27)24-19)20(17)10-13-25/h1,3-8,17,20H,2,9-14H2,(H,24,27)/t17?,20-/m0/s1. The number of halogens is 1. The molecule has 0 radical (unpaired) electrons. The van der Waals surface area contributed by atoms with E-state index in [4.69, 9.17) is 4.74 Å². The molecule has 3 aromatic rings. The number of nitrogens with one attached hydrogen (secondary N) is 1. The van der Waals surface area contributed by atoms with Crippen LogP contribution in [0.4, 0.5) is 4.39 Å². The molecule has 146 valence electrons. The number of fused-ring (bicyclic) bond motifs is 3. The van der Waals surface area contributed by atoms with Gasteiger partial charge in [0.2, 0.25) is 0 Å². The zero-order valence-electron chi connectivity index (χ0n) is 15.7. The van der Waals surface area contributed by atoms with Crippen molar-refractivity contribution in [3.05, 3.63) is 64.3 Å². The number of ether oxygens (including phenoxy) is 1. The van der Waals surface area contributed by atoms with Gasteiger partial charge in [-0.1, -0.05) is 12.1 Å². The molecule has 1 unspecified atom stereocenters. The Kier molecular flexibility index (Phi) is 4.43. The minimum atomic E-state index is -0.247. The fraction of sp³-hybridized carbons (Fsp3) is 0.409. The zero-order chi connectivity index (χ0) is 19.1. The fourth-order valence-corrected chi connectivity index (χ4v) is 4.87. The van der Waals surface area contributed by atoms with Gasteiger partial charge in [0.05, 0.1) is 17.6 Å². The average molecular weight is 381 g/mol. The second-order valence-electron chi connectivity index (χ2n) is 7.79. The van der Waals surface area contributed by atoms with Crippen LogP contribution in [-0.2, 0) is 0 Å². The highest BCUT2D eigenvalue weighted by molar-refractivity contribution is 5.81. The Hall–Kier alpha value is -2.60. The van der Waals surface area contributed by atoms with E-state index < -0.39 is 0 Å². The molecule has 2 aromatic carbocycles. The lowest BCUT2D eigenvalue weighted by atomic mass is 9.90. The minimum absolute atomic E-state index is 0.0242. The van der Waals surface area contributed by atoms with Crippen molar-refractivity contribution in [3.8, 4) is 5.75 Å². The third-order valence-corrected chi connectivity index (χ3v) is 6.16. The quantitative estimate of drug-likeness (QED) is 0.686. The van der Waals surface area contributed by atoms with Crippen molar-refractivity contribution >= 4 is 11.0 Å². The van der Waals surface area contributed by atoms with Crippen molar-refractivity contribution < 1.29 is 9.13 Å². The summed E-state index contributed by atoms with van der Waals surface area (Å²) in [6, 6.07) is 12.7. The van der Waals surface area contributed by atoms with Crippen molar-refractivity contribution in [2.45, 2.75) is 31.2 Å². The number of H-pyrrole nitrogens is 1. The average Bonchev–Trinajstić information content (AvgIpc) is 3.12. The Balaban J connectivity index is 1.20. The van der Waals surface area contributed by atoms with Gasteiger partial charge in [0.25, 0.3) is 0 Å². The topological polar surface area (TPSA) is 50.3 Å². The molecule has 6 heteroatoms. The van der Waals surface area contributed by atoms with E-state index in [0.29, 0.717) is 18.3 Å². The first-order chi connectivity index (χ1) is 13.7. The molecule has 5 rings (SSSR count). The third-order valence-electron chi connectivity index (χ3n) is 6.16. The summed E-state index contributed by atoms with van der Waals surface area (Å²) < 4.78 is 20.6. The highest BCUT2D eigenvalue weighted by atomic mass is 19.1. The van der Waals surface area contributed by atoms with Gasteiger partial charge in [0.1, 0.15) is 11.6 Å². The fourth-order valence-electron chi connectivity index (χ4n) is 4.87. The van der Waals surface area contributed by atoms with Crippen LogP contribution < -0.4 is 10.4 Å². The van der Waals surface area contributed by atoms with Gasteiger partial charge < -0.3 is 14.6 Å². The van der Waals surface area contributed by atoms with Crippen molar-refractivity contribution in [3.63, 3.8) is 0 Å². The normalized spacial score (nSPS) is 21.6. The third kappa shape index (κ3) is 3.02. The summed E-state index contributed by atoms with van der Waals surface area (Å²) in [6.45, 7) is 3.62. The number of hydrogen-bond donors (Lipinski definition) is 1. The summed E-state index contributed by atoms with van der Waals surface area (Å²) in [5.41, 5.74) is 3.42. The molecule has 1 saturated heterocycles. The van der Waals surface area contributed by atoms with Crippen molar-refractivity contribution in [2.24, 2.45) is 0 Å². The second kappa shape index (κ2) is 7.09. The Morgan fingerprint density at radius 1 is 1.11 bits per heavy atom. The maximum Gasteiger partial charge on any atom is 0.326 e. The van der Waals surface area contributed by atoms with Crippen LogP contribution in [0.5, 0.6) is 5.75 Å². The van der Waals surface area contributed by atoms with Crippen LogP contribution in [0.3, 0.4) is 0 Å². The van der Waals surface area contributed by atoms with Crippen LogP contribution >= 0.6 is 0 Å². The SMILES string of the molecule is O=c1[nH]c2cccc3c2n1[C@H]1CCN(CCCOc2ccc(F)cc2)CCC31. The number of imidazole rings is 1. The molecule has 1 fully saturated rings. The van der Waals surface area contributed by atoms with E-state index >= 15 is 0 Å². The molecule has 1 aromatic heterocycles. The second-order valence-corrected chi connectivity index (χ2v) is 7.79. The molecular formula is C22H24FN3O2. The summed E-state index contributed by atoms with van der Waals surface area (Å²) >= 11 is 0. The van der Waals surface area contributed by atoms with E-state index in [1.54, 1.807) is 12.1 Å². The maximum absolute atomic E-state index is 12.9. The van der Waals surface area contributed by atoms with Crippen LogP contribution in [0, 0.1) is 5.82 Å². The zero-order valence-corrected chi connectivity index (χ0v) is 15.7. The van der Waals surface area contributed by atoms with Crippen LogP contribution in [0.15, 0.2) is 47.3 Å². The Labute approximate surface area is 162 Å². The van der Waals surface area contributed by atoms with Crippen LogP contribution in [0.1, 0.15) is 36.8 Å². The summed E-state index contributed by atoms with van der Waals surface area (Å²) in [5.74, 6) is 0.892. The lowest BCUT2D eigenvalue weighted by molar-refractivity contribution is 0.237. The van der Waals surface area contributed by atoms with Gasteiger partial charge in [-0.2, -0.15) is 0 Å². The molecule has 0 saturated carbocycles. The number of likely N-dealkylation sites (tertiary alicyclic amines) is 1. The number of para-hydroxylation sites is 1. The predicted octanol–water partition coefficient (Wildman–Crippen LogP) is 3.67. The smallest absolute Gasteiger partial charge is 0.326 e. The molecular weight excluding hydrogens is 357 g/mol. The predicted molar refractivity (Wildman–Crippen MR) is 107 cm³/mol. The van der Waals surface area contributed by atoms with Crippen LogP contribution in [0.2, 0.25) is 0 Å². The van der Waals surface area contributed by atoms with Gasteiger partial charge in [-0.25, -0.2) is 9.18 Å². The van der Waals surface area contributed by atoms with E-state index in [0.717, 1.165) is 49.9 Å². The molecule has 5 nitrogen and oxygen atoms in total. The number of hydrogen-bond acceptors (Lipinski definition) is 3. The van der Waals surface area contributed by atoms with Crippen molar-refractivity contribution in [2.75, 3.05) is 26.2 Å². The summed E-state index contributed by atoms with van der Waals surface area (Å²) in [5, 5.41) is 0.